The van der Waals surface area contributed by atoms with Crippen LogP contribution >= 0.6 is 0 Å². The molecule has 0 bridgehead atoms. The Morgan fingerprint density at radius 1 is 1.37 bits per heavy atom. The summed E-state index contributed by atoms with van der Waals surface area (Å²) in [5.41, 5.74) is 6.72. The molecule has 1 atom stereocenters. The first-order chi connectivity index (χ1) is 9.11. The Bertz CT molecular complexity index is 536. The van der Waals surface area contributed by atoms with Gasteiger partial charge in [0.15, 0.2) is 0 Å². The summed E-state index contributed by atoms with van der Waals surface area (Å²) >= 11 is 0. The van der Waals surface area contributed by atoms with E-state index in [0.717, 1.165) is 11.4 Å². The fourth-order valence-corrected chi connectivity index (χ4v) is 2.17. The quantitative estimate of drug-likeness (QED) is 0.899. The molecule has 1 aromatic heterocycles. The van der Waals surface area contributed by atoms with Gasteiger partial charge in [0.2, 0.25) is 0 Å². The van der Waals surface area contributed by atoms with Crippen LogP contribution in [0.1, 0.15) is 37.2 Å². The van der Waals surface area contributed by atoms with E-state index in [0.29, 0.717) is 13.0 Å². The van der Waals surface area contributed by atoms with Gasteiger partial charge in [-0.2, -0.15) is 5.10 Å². The summed E-state index contributed by atoms with van der Waals surface area (Å²) in [4.78, 5) is 4.28. The molecule has 1 aromatic carbocycles. The van der Waals surface area contributed by atoms with Gasteiger partial charge in [-0.15, -0.1) is 0 Å². The monoisotopic (exact) mass is 262 g/mol. The molecule has 19 heavy (non-hydrogen) atoms. The van der Waals surface area contributed by atoms with Crippen LogP contribution in [-0.2, 0) is 6.42 Å². The third kappa shape index (κ3) is 3.17. The molecule has 0 radical (unpaired) electrons. The van der Waals surface area contributed by atoms with E-state index in [-0.39, 0.29) is 17.8 Å². The Morgan fingerprint density at radius 3 is 2.79 bits per heavy atom. The predicted molar refractivity (Wildman–Crippen MR) is 72.3 cm³/mol. The summed E-state index contributed by atoms with van der Waals surface area (Å²) in [5, 5.41) is 4.20. The van der Waals surface area contributed by atoms with E-state index in [1.165, 1.54) is 12.1 Å². The van der Waals surface area contributed by atoms with E-state index in [1.807, 2.05) is 10.7 Å². The van der Waals surface area contributed by atoms with Crippen LogP contribution in [0.5, 0.6) is 0 Å². The fourth-order valence-electron chi connectivity index (χ4n) is 2.17. The number of rotatable bonds is 5. The van der Waals surface area contributed by atoms with Gasteiger partial charge in [0.25, 0.3) is 0 Å². The lowest BCUT2D eigenvalue weighted by atomic mass is 9.95. The van der Waals surface area contributed by atoms with E-state index >= 15 is 0 Å². The van der Waals surface area contributed by atoms with Gasteiger partial charge in [0, 0.05) is 18.4 Å². The molecule has 102 valence electrons. The van der Waals surface area contributed by atoms with Crippen molar-refractivity contribution in [3.8, 4) is 0 Å². The fraction of sp³-hybridized carbons (Fsp3) is 0.429. The minimum Gasteiger partial charge on any atom is -0.330 e. The molecule has 0 aliphatic carbocycles. The van der Waals surface area contributed by atoms with Crippen molar-refractivity contribution in [3.05, 3.63) is 47.8 Å². The van der Waals surface area contributed by atoms with Crippen molar-refractivity contribution >= 4 is 0 Å². The molecule has 0 saturated carbocycles. The van der Waals surface area contributed by atoms with Gasteiger partial charge in [-0.1, -0.05) is 12.1 Å². The standard InChI is InChI=1S/C14H19FN4/c1-10(2)19-14(17-9-18-19)7-12(8-16)11-4-3-5-13(15)6-11/h3-6,9-10,12H,7-8,16H2,1-2H3. The molecular weight excluding hydrogens is 243 g/mol. The number of nitrogens with zero attached hydrogens (tertiary/aromatic N) is 3. The summed E-state index contributed by atoms with van der Waals surface area (Å²) in [5.74, 6) is 0.702. The summed E-state index contributed by atoms with van der Waals surface area (Å²) in [6, 6.07) is 6.84. The zero-order valence-corrected chi connectivity index (χ0v) is 11.3. The second-order valence-electron chi connectivity index (χ2n) is 4.91. The molecule has 0 saturated heterocycles. The topological polar surface area (TPSA) is 56.7 Å². The van der Waals surface area contributed by atoms with Crippen LogP contribution < -0.4 is 5.73 Å². The lowest BCUT2D eigenvalue weighted by Crippen LogP contribution is -2.18. The largest absolute Gasteiger partial charge is 0.330 e. The van der Waals surface area contributed by atoms with Crippen LogP contribution in [0.15, 0.2) is 30.6 Å². The van der Waals surface area contributed by atoms with Crippen molar-refractivity contribution in [1.29, 1.82) is 0 Å². The van der Waals surface area contributed by atoms with Crippen LogP contribution in [0.3, 0.4) is 0 Å². The highest BCUT2D eigenvalue weighted by Crippen LogP contribution is 2.20. The number of aromatic nitrogens is 3. The molecule has 0 aliphatic rings. The first-order valence-electron chi connectivity index (χ1n) is 6.45. The molecule has 1 unspecified atom stereocenters. The third-order valence-corrected chi connectivity index (χ3v) is 3.17. The second kappa shape index (κ2) is 5.93. The predicted octanol–water partition coefficient (Wildman–Crippen LogP) is 2.28. The van der Waals surface area contributed by atoms with Crippen LogP contribution in [0, 0.1) is 5.82 Å². The molecule has 0 aliphatic heterocycles. The Balaban J connectivity index is 2.22. The van der Waals surface area contributed by atoms with Crippen LogP contribution in [-0.4, -0.2) is 21.3 Å². The highest BCUT2D eigenvalue weighted by Gasteiger charge is 2.16. The Kier molecular flexibility index (Phi) is 4.27. The van der Waals surface area contributed by atoms with Gasteiger partial charge in [0.1, 0.15) is 18.0 Å². The molecule has 1 heterocycles. The van der Waals surface area contributed by atoms with Gasteiger partial charge in [0.05, 0.1) is 0 Å². The lowest BCUT2D eigenvalue weighted by Gasteiger charge is -2.16. The molecule has 5 heteroatoms. The Hall–Kier alpha value is -1.75. The van der Waals surface area contributed by atoms with Crippen LogP contribution in [0.2, 0.25) is 0 Å². The number of halogens is 1. The first-order valence-corrected chi connectivity index (χ1v) is 6.45. The molecule has 2 N–H and O–H groups in total. The molecule has 0 amide bonds. The van der Waals surface area contributed by atoms with Crippen molar-refractivity contribution < 1.29 is 4.39 Å². The van der Waals surface area contributed by atoms with Crippen molar-refractivity contribution in [2.45, 2.75) is 32.2 Å². The third-order valence-electron chi connectivity index (χ3n) is 3.17. The smallest absolute Gasteiger partial charge is 0.138 e. The van der Waals surface area contributed by atoms with E-state index in [4.69, 9.17) is 5.73 Å². The van der Waals surface area contributed by atoms with Crippen molar-refractivity contribution in [1.82, 2.24) is 14.8 Å². The van der Waals surface area contributed by atoms with Crippen LogP contribution in [0.4, 0.5) is 4.39 Å². The van der Waals surface area contributed by atoms with Crippen LogP contribution in [0.25, 0.3) is 0 Å². The van der Waals surface area contributed by atoms with E-state index in [9.17, 15) is 4.39 Å². The number of hydrogen-bond donors (Lipinski definition) is 1. The maximum Gasteiger partial charge on any atom is 0.138 e. The molecule has 0 spiro atoms. The maximum atomic E-state index is 13.3. The minimum absolute atomic E-state index is 0.0531. The summed E-state index contributed by atoms with van der Waals surface area (Å²) in [6.07, 6.45) is 2.21. The number of nitrogens with two attached hydrogens (primary N) is 1. The van der Waals surface area contributed by atoms with Gasteiger partial charge in [-0.25, -0.2) is 14.1 Å². The zero-order chi connectivity index (χ0) is 13.8. The van der Waals surface area contributed by atoms with Crippen molar-refractivity contribution in [2.75, 3.05) is 6.54 Å². The second-order valence-corrected chi connectivity index (χ2v) is 4.91. The number of hydrogen-bond acceptors (Lipinski definition) is 3. The minimum atomic E-state index is -0.235. The highest BCUT2D eigenvalue weighted by atomic mass is 19.1. The molecule has 0 fully saturated rings. The van der Waals surface area contributed by atoms with Crippen molar-refractivity contribution in [3.63, 3.8) is 0 Å². The molecule has 2 aromatic rings. The summed E-state index contributed by atoms with van der Waals surface area (Å²) < 4.78 is 15.2. The van der Waals surface area contributed by atoms with E-state index < -0.39 is 0 Å². The average Bonchev–Trinajstić information content (AvgIpc) is 2.84. The Morgan fingerprint density at radius 2 is 2.16 bits per heavy atom. The molecular formula is C14H19FN4. The van der Waals surface area contributed by atoms with Gasteiger partial charge < -0.3 is 5.73 Å². The molecule has 2 rings (SSSR count). The highest BCUT2D eigenvalue weighted by molar-refractivity contribution is 5.22. The SMILES string of the molecule is CC(C)n1ncnc1CC(CN)c1cccc(F)c1. The zero-order valence-electron chi connectivity index (χ0n) is 11.3. The van der Waals surface area contributed by atoms with Gasteiger partial charge >= 0.3 is 0 Å². The van der Waals surface area contributed by atoms with E-state index in [1.54, 1.807) is 12.4 Å². The Labute approximate surface area is 112 Å². The van der Waals surface area contributed by atoms with Gasteiger partial charge in [-0.05, 0) is 38.1 Å². The maximum absolute atomic E-state index is 13.3. The summed E-state index contributed by atoms with van der Waals surface area (Å²) in [7, 11) is 0. The molecule has 4 nitrogen and oxygen atoms in total. The normalized spacial score (nSPS) is 12.9. The van der Waals surface area contributed by atoms with Gasteiger partial charge in [-0.3, -0.25) is 0 Å². The lowest BCUT2D eigenvalue weighted by molar-refractivity contribution is 0.491. The van der Waals surface area contributed by atoms with Crippen molar-refractivity contribution in [2.24, 2.45) is 5.73 Å². The number of benzene rings is 1. The first kappa shape index (κ1) is 13.7. The van der Waals surface area contributed by atoms with E-state index in [2.05, 4.69) is 23.9 Å². The average molecular weight is 262 g/mol. The summed E-state index contributed by atoms with van der Waals surface area (Å²) in [6.45, 7) is 4.56.